The Morgan fingerprint density at radius 3 is 2.60 bits per heavy atom. The summed E-state index contributed by atoms with van der Waals surface area (Å²) in [5.41, 5.74) is 0.783. The van der Waals surface area contributed by atoms with Crippen molar-refractivity contribution in [3.05, 3.63) is 71.3 Å². The Balaban J connectivity index is 1.86. The van der Waals surface area contributed by atoms with E-state index < -0.39 is 17.3 Å². The molecule has 0 saturated heterocycles. The minimum atomic E-state index is -1.36. The lowest BCUT2D eigenvalue weighted by molar-refractivity contribution is -0.134. The summed E-state index contributed by atoms with van der Waals surface area (Å²) >= 11 is 0. The number of carbonyl (C=O) groups is 2. The Morgan fingerprint density at radius 2 is 1.93 bits per heavy atom. The molecule has 2 N–H and O–H groups in total. The number of ether oxygens (including phenoxy) is 3. The highest BCUT2D eigenvalue weighted by atomic mass is 16.5. The molecule has 0 aromatic heterocycles. The summed E-state index contributed by atoms with van der Waals surface area (Å²) in [6.07, 6.45) is 3.38. The fraction of sp³-hybridized carbons (Fsp3) is 0.217. The van der Waals surface area contributed by atoms with E-state index in [4.69, 9.17) is 14.2 Å². The molecule has 0 atom stereocenters. The number of Topliss-reactive ketones (excluding diaryl/α,β-unsaturated/α-hetero) is 1. The Labute approximate surface area is 174 Å². The number of hydrogen-bond acceptors (Lipinski definition) is 6. The number of para-hydroxylation sites is 1. The highest BCUT2D eigenvalue weighted by molar-refractivity contribution is 6.26. The topological polar surface area (TPSA) is 94.1 Å². The van der Waals surface area contributed by atoms with E-state index in [1.807, 2.05) is 6.07 Å². The molecule has 0 unspecified atom stereocenters. The van der Waals surface area contributed by atoms with Gasteiger partial charge in [0.25, 0.3) is 0 Å². The SMILES string of the molecule is CCCCOc1cc(/C=C2\OC(Nc3ccccc3)=C(C(=O)O)C2=O)ccc1OC. The van der Waals surface area contributed by atoms with Crippen LogP contribution in [0, 0.1) is 0 Å². The maximum atomic E-state index is 12.6. The first-order valence-electron chi connectivity index (χ1n) is 9.58. The van der Waals surface area contributed by atoms with Crippen LogP contribution in [0.4, 0.5) is 5.69 Å². The van der Waals surface area contributed by atoms with Crippen molar-refractivity contribution in [1.29, 1.82) is 0 Å². The van der Waals surface area contributed by atoms with Crippen LogP contribution in [-0.2, 0) is 14.3 Å². The number of unbranched alkanes of at least 4 members (excludes halogenated alkanes) is 1. The van der Waals surface area contributed by atoms with Crippen LogP contribution >= 0.6 is 0 Å². The highest BCUT2D eigenvalue weighted by Crippen LogP contribution is 2.32. The monoisotopic (exact) mass is 409 g/mol. The average molecular weight is 409 g/mol. The number of rotatable bonds is 9. The number of methoxy groups -OCH3 is 1. The van der Waals surface area contributed by atoms with Crippen LogP contribution < -0.4 is 14.8 Å². The summed E-state index contributed by atoms with van der Waals surface area (Å²) in [5, 5.41) is 12.3. The molecule has 0 aliphatic carbocycles. The Hall–Kier alpha value is -3.74. The van der Waals surface area contributed by atoms with Crippen molar-refractivity contribution in [1.82, 2.24) is 0 Å². The number of carboxylic acid groups (broad SMARTS) is 1. The lowest BCUT2D eigenvalue weighted by atomic mass is 10.1. The van der Waals surface area contributed by atoms with Crippen molar-refractivity contribution < 1.29 is 28.9 Å². The second-order valence-electron chi connectivity index (χ2n) is 6.55. The molecule has 1 heterocycles. The number of nitrogens with one attached hydrogen (secondary N) is 1. The van der Waals surface area contributed by atoms with Gasteiger partial charge < -0.3 is 24.6 Å². The van der Waals surface area contributed by atoms with Gasteiger partial charge in [0, 0.05) is 5.69 Å². The van der Waals surface area contributed by atoms with Crippen LogP contribution in [0.25, 0.3) is 6.08 Å². The van der Waals surface area contributed by atoms with E-state index >= 15 is 0 Å². The predicted molar refractivity (Wildman–Crippen MR) is 112 cm³/mol. The maximum absolute atomic E-state index is 12.6. The van der Waals surface area contributed by atoms with Gasteiger partial charge in [-0.15, -0.1) is 0 Å². The van der Waals surface area contributed by atoms with E-state index in [0.29, 0.717) is 29.4 Å². The van der Waals surface area contributed by atoms with E-state index in [1.54, 1.807) is 49.6 Å². The van der Waals surface area contributed by atoms with Gasteiger partial charge in [-0.1, -0.05) is 37.6 Å². The molecule has 2 aromatic carbocycles. The van der Waals surface area contributed by atoms with Gasteiger partial charge in [-0.25, -0.2) is 4.79 Å². The predicted octanol–water partition coefficient (Wildman–Crippen LogP) is 4.22. The molecule has 7 heteroatoms. The van der Waals surface area contributed by atoms with Gasteiger partial charge in [0.15, 0.2) is 22.8 Å². The van der Waals surface area contributed by atoms with E-state index in [9.17, 15) is 14.7 Å². The molecule has 2 aromatic rings. The number of allylic oxidation sites excluding steroid dienone is 1. The van der Waals surface area contributed by atoms with Crippen molar-refractivity contribution >= 4 is 23.5 Å². The Morgan fingerprint density at radius 1 is 1.17 bits per heavy atom. The standard InChI is InChI=1S/C23H23NO6/c1-3-4-12-29-18-13-15(10-11-17(18)28-2)14-19-21(25)20(23(26)27)22(30-19)24-16-8-6-5-7-9-16/h5-11,13-14,24H,3-4,12H2,1-2H3,(H,26,27)/b19-14-. The summed E-state index contributed by atoms with van der Waals surface area (Å²) in [5.74, 6) is -1.15. The van der Waals surface area contributed by atoms with E-state index in [0.717, 1.165) is 12.8 Å². The van der Waals surface area contributed by atoms with Crippen LogP contribution in [0.2, 0.25) is 0 Å². The molecular formula is C23H23NO6. The summed E-state index contributed by atoms with van der Waals surface area (Å²) in [6.45, 7) is 2.61. The second kappa shape index (κ2) is 9.65. The zero-order valence-electron chi connectivity index (χ0n) is 16.8. The summed E-state index contributed by atoms with van der Waals surface area (Å²) < 4.78 is 16.7. The van der Waals surface area contributed by atoms with Crippen molar-refractivity contribution in [3.8, 4) is 11.5 Å². The molecular weight excluding hydrogens is 386 g/mol. The lowest BCUT2D eigenvalue weighted by Gasteiger charge is -2.11. The zero-order chi connectivity index (χ0) is 21.5. The fourth-order valence-electron chi connectivity index (χ4n) is 2.84. The van der Waals surface area contributed by atoms with Crippen LogP contribution in [0.5, 0.6) is 11.5 Å². The minimum absolute atomic E-state index is 0.0875. The Kier molecular flexibility index (Phi) is 6.75. The van der Waals surface area contributed by atoms with E-state index in [1.165, 1.54) is 6.08 Å². The summed E-state index contributed by atoms with van der Waals surface area (Å²) in [7, 11) is 1.55. The van der Waals surface area contributed by atoms with Crippen molar-refractivity contribution in [2.24, 2.45) is 0 Å². The van der Waals surface area contributed by atoms with Gasteiger partial charge in [-0.2, -0.15) is 0 Å². The highest BCUT2D eigenvalue weighted by Gasteiger charge is 2.36. The first-order chi connectivity index (χ1) is 14.5. The van der Waals surface area contributed by atoms with Crippen LogP contribution in [-0.4, -0.2) is 30.6 Å². The molecule has 156 valence electrons. The van der Waals surface area contributed by atoms with Gasteiger partial charge in [0.1, 0.15) is 0 Å². The number of benzene rings is 2. The summed E-state index contributed by atoms with van der Waals surface area (Å²) in [6, 6.07) is 14.1. The molecule has 3 rings (SSSR count). The Bertz CT molecular complexity index is 994. The van der Waals surface area contributed by atoms with Crippen molar-refractivity contribution in [3.63, 3.8) is 0 Å². The quantitative estimate of drug-likeness (QED) is 0.364. The number of carbonyl (C=O) groups excluding carboxylic acids is 1. The van der Waals surface area contributed by atoms with Gasteiger partial charge in [-0.3, -0.25) is 4.79 Å². The maximum Gasteiger partial charge on any atom is 0.345 e. The molecule has 0 saturated carbocycles. The average Bonchev–Trinajstić information content (AvgIpc) is 3.04. The third-order valence-corrected chi connectivity index (χ3v) is 4.38. The number of aliphatic carboxylic acids is 1. The number of carboxylic acids is 1. The minimum Gasteiger partial charge on any atom is -0.493 e. The van der Waals surface area contributed by atoms with Gasteiger partial charge in [0.05, 0.1) is 13.7 Å². The van der Waals surface area contributed by atoms with Gasteiger partial charge in [0.2, 0.25) is 11.7 Å². The largest absolute Gasteiger partial charge is 0.493 e. The van der Waals surface area contributed by atoms with E-state index in [-0.39, 0.29) is 11.6 Å². The molecule has 0 spiro atoms. The molecule has 0 fully saturated rings. The molecule has 30 heavy (non-hydrogen) atoms. The second-order valence-corrected chi connectivity index (χ2v) is 6.55. The molecule has 0 bridgehead atoms. The van der Waals surface area contributed by atoms with Crippen LogP contribution in [0.15, 0.2) is 65.7 Å². The smallest absolute Gasteiger partial charge is 0.345 e. The molecule has 1 aliphatic rings. The van der Waals surface area contributed by atoms with Crippen molar-refractivity contribution in [2.75, 3.05) is 19.0 Å². The normalized spacial score (nSPS) is 14.6. The number of anilines is 1. The summed E-state index contributed by atoms with van der Waals surface area (Å²) in [4.78, 5) is 24.3. The lowest BCUT2D eigenvalue weighted by Crippen LogP contribution is -2.12. The van der Waals surface area contributed by atoms with E-state index in [2.05, 4.69) is 12.2 Å². The van der Waals surface area contributed by atoms with Gasteiger partial charge in [-0.05, 0) is 42.3 Å². The van der Waals surface area contributed by atoms with Crippen LogP contribution in [0.1, 0.15) is 25.3 Å². The third-order valence-electron chi connectivity index (χ3n) is 4.38. The molecule has 1 aliphatic heterocycles. The first kappa shape index (κ1) is 21.0. The van der Waals surface area contributed by atoms with Crippen LogP contribution in [0.3, 0.4) is 0 Å². The zero-order valence-corrected chi connectivity index (χ0v) is 16.8. The number of ketones is 1. The molecule has 7 nitrogen and oxygen atoms in total. The third kappa shape index (κ3) is 4.81. The van der Waals surface area contributed by atoms with Gasteiger partial charge >= 0.3 is 5.97 Å². The fourth-order valence-corrected chi connectivity index (χ4v) is 2.84. The van der Waals surface area contributed by atoms with Crippen molar-refractivity contribution in [2.45, 2.75) is 19.8 Å². The molecule has 0 radical (unpaired) electrons. The molecule has 0 amide bonds. The first-order valence-corrected chi connectivity index (χ1v) is 9.58. The number of hydrogen-bond donors (Lipinski definition) is 2.